The number of nitrogens with zero attached hydrogens (tertiary/aromatic N) is 4. The molecule has 40 heavy (non-hydrogen) atoms. The van der Waals surface area contributed by atoms with E-state index in [1.807, 2.05) is 71.0 Å². The molecular weight excluding hydrogens is 544 g/mol. The number of anilines is 1. The van der Waals surface area contributed by atoms with Gasteiger partial charge in [-0.25, -0.2) is 15.0 Å². The maximum absolute atomic E-state index is 13.0. The molecule has 0 amide bonds. The summed E-state index contributed by atoms with van der Waals surface area (Å²) >= 11 is 7.79. The molecule has 0 saturated carbocycles. The fourth-order valence-electron chi connectivity index (χ4n) is 5.07. The Morgan fingerprint density at radius 3 is 2.45 bits per heavy atom. The molecule has 9 heteroatoms. The lowest BCUT2D eigenvalue weighted by atomic mass is 9.90. The van der Waals surface area contributed by atoms with Crippen molar-refractivity contribution in [2.45, 2.75) is 71.7 Å². The second kappa shape index (κ2) is 10.8. The molecule has 1 atom stereocenters. The van der Waals surface area contributed by atoms with E-state index in [2.05, 4.69) is 9.88 Å². The highest BCUT2D eigenvalue weighted by Gasteiger charge is 2.31. The Balaban J connectivity index is 1.66. The number of benzene rings is 2. The van der Waals surface area contributed by atoms with Crippen molar-refractivity contribution < 1.29 is 14.6 Å². The minimum Gasteiger partial charge on any atom is -0.390 e. The standard InChI is InChI=1S/C31H35ClN4O3S/c1-18-17-23-27(25(20-7-9-21(32)10-8-20)24(18)26(19(2)37)39-30(3,4)5)40-28(34-23)22-11-14-33-29(35-22)36-15-12-31(6,38)13-16-36/h7-11,14,17,26,38H,12-13,15-16H2,1-6H3/t26-/m1/s1. The molecule has 3 heterocycles. The molecule has 7 nitrogen and oxygen atoms in total. The number of Topliss-reactive ketones (excluding diaryl/α,β-unsaturated/α-hetero) is 1. The van der Waals surface area contributed by atoms with Gasteiger partial charge in [0.05, 0.1) is 21.4 Å². The second-order valence-corrected chi connectivity index (χ2v) is 13.2. The summed E-state index contributed by atoms with van der Waals surface area (Å²) in [6.07, 6.45) is 2.36. The van der Waals surface area contributed by atoms with Gasteiger partial charge in [-0.2, -0.15) is 0 Å². The molecular formula is C31H35ClN4O3S. The van der Waals surface area contributed by atoms with E-state index in [-0.39, 0.29) is 5.78 Å². The number of aliphatic hydroxyl groups is 1. The van der Waals surface area contributed by atoms with Gasteiger partial charge in [0.2, 0.25) is 5.95 Å². The summed E-state index contributed by atoms with van der Waals surface area (Å²) in [6.45, 7) is 12.7. The van der Waals surface area contributed by atoms with Crippen LogP contribution in [0.3, 0.4) is 0 Å². The monoisotopic (exact) mass is 578 g/mol. The van der Waals surface area contributed by atoms with Crippen molar-refractivity contribution in [1.82, 2.24) is 15.0 Å². The smallest absolute Gasteiger partial charge is 0.225 e. The highest BCUT2D eigenvalue weighted by atomic mass is 35.5. The zero-order valence-electron chi connectivity index (χ0n) is 23.8. The largest absolute Gasteiger partial charge is 0.390 e. The Kier molecular flexibility index (Phi) is 7.74. The van der Waals surface area contributed by atoms with Crippen molar-refractivity contribution in [3.8, 4) is 21.8 Å². The third-order valence-electron chi connectivity index (χ3n) is 7.15. The lowest BCUT2D eigenvalue weighted by molar-refractivity contribution is -0.138. The van der Waals surface area contributed by atoms with Gasteiger partial charge in [-0.1, -0.05) is 23.7 Å². The van der Waals surface area contributed by atoms with Crippen molar-refractivity contribution in [2.24, 2.45) is 0 Å². The van der Waals surface area contributed by atoms with E-state index in [1.165, 1.54) is 0 Å². The maximum atomic E-state index is 13.0. The summed E-state index contributed by atoms with van der Waals surface area (Å²) in [4.78, 5) is 29.5. The Hall–Kier alpha value is -2.91. The molecule has 2 aromatic heterocycles. The first-order valence-electron chi connectivity index (χ1n) is 13.5. The van der Waals surface area contributed by atoms with E-state index in [9.17, 15) is 9.90 Å². The molecule has 0 radical (unpaired) electrons. The minimum absolute atomic E-state index is 0.0571. The van der Waals surface area contributed by atoms with Crippen molar-refractivity contribution in [1.29, 1.82) is 0 Å². The summed E-state index contributed by atoms with van der Waals surface area (Å²) in [5.41, 5.74) is 4.04. The third kappa shape index (κ3) is 6.05. The van der Waals surface area contributed by atoms with Gasteiger partial charge < -0.3 is 14.7 Å². The number of carbonyl (C=O) groups excluding carboxylic acids is 1. The number of ether oxygens (including phenoxy) is 1. The van der Waals surface area contributed by atoms with Crippen LogP contribution in [-0.4, -0.2) is 50.1 Å². The van der Waals surface area contributed by atoms with E-state index in [0.29, 0.717) is 36.9 Å². The molecule has 1 aliphatic heterocycles. The molecule has 1 saturated heterocycles. The van der Waals surface area contributed by atoms with Gasteiger partial charge >= 0.3 is 0 Å². The van der Waals surface area contributed by atoms with Crippen molar-refractivity contribution in [3.63, 3.8) is 0 Å². The number of thiazole rings is 1. The molecule has 210 valence electrons. The van der Waals surface area contributed by atoms with Gasteiger partial charge in [0, 0.05) is 35.4 Å². The summed E-state index contributed by atoms with van der Waals surface area (Å²) in [6, 6.07) is 11.6. The Morgan fingerprint density at radius 1 is 1.15 bits per heavy atom. The lowest BCUT2D eigenvalue weighted by Gasteiger charge is -2.35. The van der Waals surface area contributed by atoms with Crippen molar-refractivity contribution in [2.75, 3.05) is 18.0 Å². The Bertz CT molecular complexity index is 1550. The number of fused-ring (bicyclic) bond motifs is 1. The van der Waals surface area contributed by atoms with E-state index >= 15 is 0 Å². The van der Waals surface area contributed by atoms with Crippen LogP contribution in [0.4, 0.5) is 5.95 Å². The number of piperidine rings is 1. The fraction of sp³-hybridized carbons (Fsp3) is 0.419. The van der Waals surface area contributed by atoms with Crippen LogP contribution >= 0.6 is 22.9 Å². The van der Waals surface area contributed by atoms with Crippen LogP contribution in [0.5, 0.6) is 0 Å². The second-order valence-electron chi connectivity index (χ2n) is 11.8. The number of hydrogen-bond acceptors (Lipinski definition) is 8. The number of ketones is 1. The number of hydrogen-bond donors (Lipinski definition) is 1. The molecule has 0 unspecified atom stereocenters. The minimum atomic E-state index is -0.734. The summed E-state index contributed by atoms with van der Waals surface area (Å²) < 4.78 is 7.31. The van der Waals surface area contributed by atoms with Crippen LogP contribution in [0, 0.1) is 6.92 Å². The van der Waals surface area contributed by atoms with Gasteiger partial charge in [-0.05, 0) is 89.8 Å². The average Bonchev–Trinajstić information content (AvgIpc) is 3.30. The molecule has 1 fully saturated rings. The van der Waals surface area contributed by atoms with Crippen LogP contribution in [0.25, 0.3) is 32.0 Å². The predicted molar refractivity (Wildman–Crippen MR) is 162 cm³/mol. The van der Waals surface area contributed by atoms with E-state index in [0.717, 1.165) is 43.2 Å². The van der Waals surface area contributed by atoms with E-state index < -0.39 is 17.3 Å². The molecule has 1 aliphatic rings. The molecule has 2 aromatic carbocycles. The number of halogens is 1. The molecule has 0 spiro atoms. The van der Waals surface area contributed by atoms with Crippen LogP contribution < -0.4 is 4.90 Å². The SMILES string of the molecule is CC(=O)[C@@H](OC(C)(C)C)c1c(C)cc2nc(-c3ccnc(N4CCC(C)(O)CC4)n3)sc2c1-c1ccc(Cl)cc1. The predicted octanol–water partition coefficient (Wildman–Crippen LogP) is 7.18. The third-order valence-corrected chi connectivity index (χ3v) is 8.51. The molecule has 1 N–H and O–H groups in total. The van der Waals surface area contributed by atoms with Crippen molar-refractivity contribution in [3.05, 3.63) is 58.7 Å². The number of carbonyl (C=O) groups is 1. The lowest BCUT2D eigenvalue weighted by Crippen LogP contribution is -2.43. The highest BCUT2D eigenvalue weighted by molar-refractivity contribution is 7.22. The zero-order valence-corrected chi connectivity index (χ0v) is 25.4. The molecule has 5 rings (SSSR count). The van der Waals surface area contributed by atoms with Crippen molar-refractivity contribution >= 4 is 44.9 Å². The first kappa shape index (κ1) is 28.6. The first-order valence-corrected chi connectivity index (χ1v) is 14.7. The van der Waals surface area contributed by atoms with Crippen LogP contribution in [0.15, 0.2) is 42.6 Å². The Morgan fingerprint density at radius 2 is 1.82 bits per heavy atom. The first-order chi connectivity index (χ1) is 18.8. The van der Waals surface area contributed by atoms with Crippen LogP contribution in [0.2, 0.25) is 5.02 Å². The fourth-order valence-corrected chi connectivity index (χ4v) is 6.29. The molecule has 4 aromatic rings. The van der Waals surface area contributed by atoms with Gasteiger partial charge in [-0.15, -0.1) is 11.3 Å². The maximum Gasteiger partial charge on any atom is 0.225 e. The normalized spacial score (nSPS) is 16.4. The number of aryl methyl sites for hydroxylation is 1. The molecule has 0 aliphatic carbocycles. The quantitative estimate of drug-likeness (QED) is 0.259. The summed E-state index contributed by atoms with van der Waals surface area (Å²) in [5.74, 6) is 0.579. The van der Waals surface area contributed by atoms with Crippen LogP contribution in [-0.2, 0) is 9.53 Å². The Labute approximate surface area is 244 Å². The van der Waals surface area contributed by atoms with Gasteiger partial charge in [0.25, 0.3) is 0 Å². The summed E-state index contributed by atoms with van der Waals surface area (Å²) in [7, 11) is 0. The highest BCUT2D eigenvalue weighted by Crippen LogP contribution is 2.44. The van der Waals surface area contributed by atoms with Gasteiger partial charge in [0.15, 0.2) is 5.78 Å². The van der Waals surface area contributed by atoms with Gasteiger partial charge in [0.1, 0.15) is 16.8 Å². The van der Waals surface area contributed by atoms with Crippen LogP contribution in [0.1, 0.15) is 64.7 Å². The van der Waals surface area contributed by atoms with E-state index in [1.54, 1.807) is 24.5 Å². The van der Waals surface area contributed by atoms with Gasteiger partial charge in [-0.3, -0.25) is 4.79 Å². The van der Waals surface area contributed by atoms with E-state index in [4.69, 9.17) is 26.3 Å². The number of aromatic nitrogens is 3. The number of rotatable bonds is 6. The average molecular weight is 579 g/mol. The topological polar surface area (TPSA) is 88.4 Å². The molecule has 0 bridgehead atoms. The summed E-state index contributed by atoms with van der Waals surface area (Å²) in [5, 5.41) is 11.8. The zero-order chi connectivity index (χ0) is 28.8.